The number of halogens is 8. The molecule has 14 rings (SSSR count). The van der Waals surface area contributed by atoms with Gasteiger partial charge in [0.05, 0.1) is 76.5 Å². The van der Waals surface area contributed by atoms with Crippen LogP contribution >= 0.6 is 181 Å². The molecule has 0 saturated heterocycles. The van der Waals surface area contributed by atoms with Crippen molar-refractivity contribution in [2.75, 3.05) is 73.5 Å². The fraction of sp³-hybridized carbons (Fsp3) is 0.329. The van der Waals surface area contributed by atoms with Gasteiger partial charge in [-0.25, -0.2) is 14.0 Å². The summed E-state index contributed by atoms with van der Waals surface area (Å²) in [5, 5.41) is 57.3. The number of carbonyl (C=O) groups excluding carboxylic acids is 5. The second-order valence-corrected chi connectivity index (χ2v) is 50.2. The van der Waals surface area contributed by atoms with Crippen LogP contribution in [0.5, 0.6) is 17.2 Å². The molecule has 0 fully saturated rings. The van der Waals surface area contributed by atoms with E-state index in [4.69, 9.17) is 22.9 Å². The van der Waals surface area contributed by atoms with Crippen LogP contribution in [-0.2, 0) is 44.9 Å². The van der Waals surface area contributed by atoms with Gasteiger partial charge in [0.25, 0.3) is 43.9 Å². The van der Waals surface area contributed by atoms with Gasteiger partial charge < -0.3 is 39.3 Å². The van der Waals surface area contributed by atoms with Gasteiger partial charge in [0.2, 0.25) is 27.5 Å². The Morgan fingerprint density at radius 1 is 0.526 bits per heavy atom. The highest BCUT2D eigenvalue weighted by Crippen LogP contribution is 2.40. The Morgan fingerprint density at radius 3 is 1.31 bits per heavy atom. The number of H-pyrrole nitrogens is 1. The summed E-state index contributed by atoms with van der Waals surface area (Å²) in [5.41, 5.74) is 0.308. The standard InChI is InChI=1S/C26H35I2N5O6SSi.C22H21I2N5O4.C19H19I2N5O6S.C18H15I2N5O3/c1-18-14-32(17-38-12-13-41(4,5)6)29-22(24(18)34)26(35)31(2)16-21(39-40(3,36)37)23(19-10-8-7-9-11-19)33-15-20(27)25(28)30-33;1-12(2)22(32)33-19-16(30)9-25-29-15(11-27(3)21(31)18(19)29)17(13-7-5-4-6-8-13)28-10-14(23)20(24)26-28;1-25(19(29)15-17(28)13(27)8-22-23-15)10-14(32-33(2,30)31)16(11-6-4-3-5-7-11)26-9-12(20)18(21)24-26;1-23-9-12(25-15(18(23)28)16(27)13(26)7-21-25)14(10-5-3-2-4-6-10)24-8-11(19)17(20)22-24/h7-11,14-15,21,23H,12-13,16-17H2,1-6H3;4-10,12,15,17H,11H2,1-3H3;3-9,14,16H,10H2,1-2H3,(H,22,28)(H,23,27);2-8,12,14,27H,9H2,1H3. The molecular formula is C85H90I8N20O19S2Si. The molecule has 8 unspecified atom stereocenters. The molecule has 39 nitrogen and oxygen atoms in total. The minimum atomic E-state index is -3.95. The van der Waals surface area contributed by atoms with Crippen molar-refractivity contribution < 1.29 is 68.9 Å². The normalized spacial score (nSPS) is 15.1. The zero-order valence-corrected chi connectivity index (χ0v) is 93.9. The maximum Gasteiger partial charge on any atom is 0.313 e. The third-order valence-electron chi connectivity index (χ3n) is 20.8. The second-order valence-electron chi connectivity index (χ2n) is 32.7. The van der Waals surface area contributed by atoms with Crippen LogP contribution < -0.4 is 26.5 Å². The first-order chi connectivity index (χ1) is 63.6. The molecule has 4 aromatic carbocycles. The Bertz CT molecular complexity index is 6760. The zero-order chi connectivity index (χ0) is 98.7. The summed E-state index contributed by atoms with van der Waals surface area (Å²) in [5.74, 6) is -4.99. The van der Waals surface area contributed by atoms with Gasteiger partial charge in [-0.15, -0.1) is 0 Å². The maximum atomic E-state index is 13.6. The van der Waals surface area contributed by atoms with Crippen molar-refractivity contribution >= 4 is 239 Å². The van der Waals surface area contributed by atoms with Crippen molar-refractivity contribution in [2.45, 2.75) is 102 Å². The summed E-state index contributed by atoms with van der Waals surface area (Å²) in [6.07, 6.45) is 11.7. The van der Waals surface area contributed by atoms with Gasteiger partial charge in [0.15, 0.2) is 34.3 Å². The molecule has 50 heteroatoms. The van der Waals surface area contributed by atoms with Crippen molar-refractivity contribution in [1.29, 1.82) is 0 Å². The van der Waals surface area contributed by atoms with E-state index in [9.17, 15) is 70.2 Å². The number of likely N-dealkylation sites (N-methyl/N-ethyl adjacent to an activating group) is 4. The third-order valence-corrected chi connectivity index (χ3v) is 34.2. The van der Waals surface area contributed by atoms with E-state index < -0.39 is 133 Å². The number of fused-ring (bicyclic) bond motifs is 2. The highest BCUT2D eigenvalue weighted by molar-refractivity contribution is 14.1. The summed E-state index contributed by atoms with van der Waals surface area (Å²) in [6.45, 7) is 12.7. The number of aromatic hydroxyl groups is 2. The van der Waals surface area contributed by atoms with Gasteiger partial charge in [0, 0.05) is 92.5 Å². The highest BCUT2D eigenvalue weighted by atomic mass is 127. The SMILES string of the molecule is CC(C)C(=O)Oc1c2n(ncc1=O)C(C(c1ccccc1)n1cc(I)c(I)n1)CN(C)C2=O.CN(CC(OS(C)(=O)=O)C(c1ccccc1)n1cc(I)c(I)n1)C(=O)c1[nH]ncc(=O)c1O.CN1CC(C(c2ccccc2)n2cc(I)c(I)n2)n2ncc(=O)c(O)c2C1=O.Cc1cn(COCC[Si](C)(C)C)nc(C(=O)N(C)CC(OS(C)(=O)=O)C(c2ccccc2)n2cc(I)c(I)n2)c1=O. The number of benzene rings is 4. The first-order valence-electron chi connectivity index (χ1n) is 40.8. The number of amides is 4. The molecule has 0 bridgehead atoms. The molecule has 3 N–H and O–H groups in total. The topological polar surface area (TPSA) is 466 Å². The Kier molecular flexibility index (Phi) is 37.3. The van der Waals surface area contributed by atoms with Crippen LogP contribution in [-0.4, -0.2) is 249 Å². The van der Waals surface area contributed by atoms with Crippen LogP contribution in [0.15, 0.2) is 190 Å². The number of aromatic nitrogens is 16. The second kappa shape index (κ2) is 46.9. The van der Waals surface area contributed by atoms with Crippen molar-refractivity contribution in [2.24, 2.45) is 5.92 Å². The lowest BCUT2D eigenvalue weighted by Crippen LogP contribution is -2.46. The number of nitrogens with one attached hydrogen (secondary N) is 1. The van der Waals surface area contributed by atoms with Gasteiger partial charge in [-0.2, -0.15) is 57.6 Å². The summed E-state index contributed by atoms with van der Waals surface area (Å²) in [6, 6.07) is 36.0. The predicted molar refractivity (Wildman–Crippen MR) is 567 cm³/mol. The highest BCUT2D eigenvalue weighted by Gasteiger charge is 2.43. The number of rotatable bonds is 29. The molecule has 0 radical (unpaired) electrons. The molecule has 135 heavy (non-hydrogen) atoms. The number of aromatic amines is 1. The number of carbonyl (C=O) groups is 5. The molecule has 2 aliphatic heterocycles. The minimum absolute atomic E-state index is 0.0345. The van der Waals surface area contributed by atoms with Crippen LogP contribution in [0.2, 0.25) is 25.7 Å². The maximum absolute atomic E-state index is 13.6. The summed E-state index contributed by atoms with van der Waals surface area (Å²) < 4.78 is 89.5. The van der Waals surface area contributed by atoms with E-state index in [1.54, 1.807) is 87.1 Å². The van der Waals surface area contributed by atoms with Crippen LogP contribution in [0.4, 0.5) is 0 Å². The van der Waals surface area contributed by atoms with Crippen LogP contribution in [0.1, 0.15) is 120 Å². The number of esters is 1. The minimum Gasteiger partial charge on any atom is -0.502 e. The molecule has 8 atom stereocenters. The Balaban J connectivity index is 0.000000174. The molecule has 716 valence electrons. The lowest BCUT2D eigenvalue weighted by Gasteiger charge is -2.37. The fourth-order valence-corrected chi connectivity index (χ4v) is 19.5. The van der Waals surface area contributed by atoms with Crippen molar-refractivity contribution in [3.05, 3.63) is 291 Å². The molecule has 8 aromatic heterocycles. The number of hydrogen-bond donors (Lipinski definition) is 3. The summed E-state index contributed by atoms with van der Waals surface area (Å²) in [4.78, 5) is 119. The van der Waals surface area contributed by atoms with E-state index in [1.165, 1.54) is 42.8 Å². The number of nitrogens with zero attached hydrogens (tertiary/aromatic N) is 19. The Hall–Kier alpha value is -7.97. The molecule has 0 spiro atoms. The molecule has 12 aromatic rings. The fourth-order valence-electron chi connectivity index (χ4n) is 14.4. The van der Waals surface area contributed by atoms with E-state index in [-0.39, 0.29) is 60.8 Å². The lowest BCUT2D eigenvalue weighted by molar-refractivity contribution is -0.137. The van der Waals surface area contributed by atoms with Gasteiger partial charge in [-0.1, -0.05) is 155 Å². The first-order valence-corrected chi connectivity index (χ1v) is 56.7. The van der Waals surface area contributed by atoms with Crippen LogP contribution in [0.25, 0.3) is 0 Å². The Labute approximate surface area is 884 Å². The predicted octanol–water partition coefficient (Wildman–Crippen LogP) is 11.0. The molecular weight excluding hydrogens is 2710 g/mol. The average molecular weight is 2800 g/mol. The largest absolute Gasteiger partial charge is 0.502 e. The van der Waals surface area contributed by atoms with E-state index >= 15 is 0 Å². The quantitative estimate of drug-likeness (QED) is 0.0129. The van der Waals surface area contributed by atoms with Crippen LogP contribution in [0, 0.1) is 41.9 Å². The van der Waals surface area contributed by atoms with Crippen molar-refractivity contribution in [3.63, 3.8) is 0 Å². The van der Waals surface area contributed by atoms with Crippen molar-refractivity contribution in [1.82, 2.24) is 98.3 Å². The summed E-state index contributed by atoms with van der Waals surface area (Å²) in [7, 11) is -2.99. The van der Waals surface area contributed by atoms with E-state index in [0.29, 0.717) is 30.8 Å². The van der Waals surface area contributed by atoms with Gasteiger partial charge >= 0.3 is 5.97 Å². The number of hydrogen-bond acceptors (Lipinski definition) is 27. The van der Waals surface area contributed by atoms with E-state index in [1.807, 2.05) is 119 Å². The van der Waals surface area contributed by atoms with Gasteiger partial charge in [-0.3, -0.25) is 75.3 Å². The molecule has 10 heterocycles. The molecule has 0 aliphatic carbocycles. The number of aryl methyl sites for hydroxylation is 1. The lowest BCUT2D eigenvalue weighted by atomic mass is 9.97. The van der Waals surface area contributed by atoms with E-state index in [0.717, 1.165) is 87.8 Å². The van der Waals surface area contributed by atoms with Crippen LogP contribution in [0.3, 0.4) is 0 Å². The smallest absolute Gasteiger partial charge is 0.313 e. The average Bonchev–Trinajstić information content (AvgIpc) is 1.64. The third kappa shape index (κ3) is 27.4. The monoisotopic (exact) mass is 2800 g/mol. The molecule has 4 amide bonds. The van der Waals surface area contributed by atoms with Gasteiger partial charge in [-0.05, 0) is 216 Å². The van der Waals surface area contributed by atoms with Crippen molar-refractivity contribution in [3.8, 4) is 17.2 Å². The first kappa shape index (κ1) is 107. The van der Waals surface area contributed by atoms with E-state index in [2.05, 4.69) is 241 Å². The zero-order valence-electron chi connectivity index (χ0n) is 74.0. The summed E-state index contributed by atoms with van der Waals surface area (Å²) >= 11 is 17.3. The number of ether oxygens (including phenoxy) is 2. The van der Waals surface area contributed by atoms with Gasteiger partial charge in [0.1, 0.15) is 57.9 Å². The Morgan fingerprint density at radius 2 is 0.911 bits per heavy atom. The molecule has 0 saturated carbocycles. The molecule has 2 aliphatic rings.